The molecule has 2 aromatic rings. The predicted molar refractivity (Wildman–Crippen MR) is 83.0 cm³/mol. The van der Waals surface area contributed by atoms with E-state index in [1.54, 1.807) is 0 Å². The average molecular weight is 287 g/mol. The Balaban J connectivity index is 1.79. The summed E-state index contributed by atoms with van der Waals surface area (Å²) in [5.74, 6) is 1.62. The molecule has 0 spiro atoms. The van der Waals surface area contributed by atoms with Gasteiger partial charge in [-0.1, -0.05) is 42.0 Å². The Hall–Kier alpha value is -1.65. The number of aryl methyl sites for hydroxylation is 1. The van der Waals surface area contributed by atoms with Crippen LogP contribution in [-0.2, 0) is 4.74 Å². The van der Waals surface area contributed by atoms with E-state index in [-0.39, 0.29) is 0 Å². The summed E-state index contributed by atoms with van der Waals surface area (Å²) in [5, 5.41) is 0. The number of rotatable bonds is 2. The van der Waals surface area contributed by atoms with Gasteiger partial charge in [0.05, 0.1) is 13.2 Å². The average Bonchev–Trinajstić information content (AvgIpc) is 2.98. The van der Waals surface area contributed by atoms with Crippen molar-refractivity contribution in [3.8, 4) is 11.3 Å². The van der Waals surface area contributed by atoms with Crippen molar-refractivity contribution in [2.45, 2.75) is 6.92 Å². The van der Waals surface area contributed by atoms with E-state index in [9.17, 15) is 0 Å². The van der Waals surface area contributed by atoms with Crippen molar-refractivity contribution in [1.82, 2.24) is 4.90 Å². The fraction of sp³-hybridized carbons (Fsp3) is 0.312. The highest BCUT2D eigenvalue weighted by Crippen LogP contribution is 2.23. The van der Waals surface area contributed by atoms with Gasteiger partial charge in [-0.05, 0) is 19.1 Å². The number of hydrogen-bond donors (Lipinski definition) is 0. The second kappa shape index (κ2) is 5.77. The van der Waals surface area contributed by atoms with Crippen molar-refractivity contribution in [2.75, 3.05) is 26.3 Å². The first kappa shape index (κ1) is 13.3. The summed E-state index contributed by atoms with van der Waals surface area (Å²) in [6, 6.07) is 12.2. The number of nitrogens with zero attached hydrogens (tertiary/aromatic N) is 1. The summed E-state index contributed by atoms with van der Waals surface area (Å²) in [7, 11) is 0. The largest absolute Gasteiger partial charge is 0.454 e. The SMILES string of the molecule is Cc1ccc(-c2ccc(C(=S)N3CCOCC3)o2)cc1. The van der Waals surface area contributed by atoms with Crippen LogP contribution in [0.5, 0.6) is 0 Å². The van der Waals surface area contributed by atoms with E-state index in [0.29, 0.717) is 0 Å². The van der Waals surface area contributed by atoms with Gasteiger partial charge in [-0.25, -0.2) is 0 Å². The molecule has 1 saturated heterocycles. The second-order valence-electron chi connectivity index (χ2n) is 4.93. The molecule has 20 heavy (non-hydrogen) atoms. The van der Waals surface area contributed by atoms with Crippen LogP contribution in [0.3, 0.4) is 0 Å². The zero-order valence-corrected chi connectivity index (χ0v) is 12.3. The molecule has 0 atom stereocenters. The van der Waals surface area contributed by atoms with E-state index in [1.807, 2.05) is 12.1 Å². The molecule has 0 radical (unpaired) electrons. The Morgan fingerprint density at radius 3 is 2.45 bits per heavy atom. The van der Waals surface area contributed by atoms with Crippen LogP contribution in [0.25, 0.3) is 11.3 Å². The highest BCUT2D eigenvalue weighted by atomic mass is 32.1. The Bertz CT molecular complexity index is 597. The molecule has 0 unspecified atom stereocenters. The first-order chi connectivity index (χ1) is 9.74. The van der Waals surface area contributed by atoms with Gasteiger partial charge in [0.15, 0.2) is 5.76 Å². The van der Waals surface area contributed by atoms with E-state index < -0.39 is 0 Å². The molecule has 0 aliphatic carbocycles. The fourth-order valence-corrected chi connectivity index (χ4v) is 2.54. The highest BCUT2D eigenvalue weighted by molar-refractivity contribution is 7.80. The maximum atomic E-state index is 5.90. The number of ether oxygens (including phenoxy) is 1. The van der Waals surface area contributed by atoms with Crippen LogP contribution in [0.2, 0.25) is 0 Å². The Kier molecular flexibility index (Phi) is 3.85. The second-order valence-corrected chi connectivity index (χ2v) is 5.32. The molecular weight excluding hydrogens is 270 g/mol. The minimum absolute atomic E-state index is 0.728. The fourth-order valence-electron chi connectivity index (χ4n) is 2.25. The van der Waals surface area contributed by atoms with Crippen molar-refractivity contribution >= 4 is 17.2 Å². The third-order valence-electron chi connectivity index (χ3n) is 3.45. The maximum Gasteiger partial charge on any atom is 0.162 e. The number of thiocarbonyl (C=S) groups is 1. The maximum absolute atomic E-state index is 5.90. The number of furan rings is 1. The molecule has 1 fully saturated rings. The molecule has 0 N–H and O–H groups in total. The van der Waals surface area contributed by atoms with Gasteiger partial charge in [-0.2, -0.15) is 0 Å². The van der Waals surface area contributed by atoms with Crippen LogP contribution < -0.4 is 0 Å². The molecule has 104 valence electrons. The summed E-state index contributed by atoms with van der Waals surface area (Å²) in [6.45, 7) is 5.20. The van der Waals surface area contributed by atoms with Gasteiger partial charge in [0.2, 0.25) is 0 Å². The van der Waals surface area contributed by atoms with Crippen molar-refractivity contribution in [1.29, 1.82) is 0 Å². The third-order valence-corrected chi connectivity index (χ3v) is 3.91. The standard InChI is InChI=1S/C16H17NO2S/c1-12-2-4-13(5-3-12)14-6-7-15(19-14)16(20)17-8-10-18-11-9-17/h2-7H,8-11H2,1H3. The normalized spacial score (nSPS) is 15.3. The lowest BCUT2D eigenvalue weighted by atomic mass is 10.1. The van der Waals surface area contributed by atoms with Crippen molar-refractivity contribution in [3.63, 3.8) is 0 Å². The molecule has 3 rings (SSSR count). The first-order valence-corrected chi connectivity index (χ1v) is 7.19. The molecule has 2 heterocycles. The molecule has 4 heteroatoms. The Morgan fingerprint density at radius 1 is 1.05 bits per heavy atom. The van der Waals surface area contributed by atoms with Crippen molar-refractivity contribution in [2.24, 2.45) is 0 Å². The Morgan fingerprint density at radius 2 is 1.75 bits per heavy atom. The summed E-state index contributed by atoms with van der Waals surface area (Å²) in [4.78, 5) is 2.91. The Labute approximate surface area is 124 Å². The van der Waals surface area contributed by atoms with E-state index >= 15 is 0 Å². The van der Waals surface area contributed by atoms with Gasteiger partial charge in [-0.3, -0.25) is 0 Å². The van der Waals surface area contributed by atoms with Crippen molar-refractivity contribution in [3.05, 3.63) is 47.7 Å². The summed E-state index contributed by atoms with van der Waals surface area (Å²) in [6.07, 6.45) is 0. The summed E-state index contributed by atoms with van der Waals surface area (Å²) < 4.78 is 11.2. The molecule has 0 saturated carbocycles. The van der Waals surface area contributed by atoms with Crippen LogP contribution in [-0.4, -0.2) is 36.2 Å². The lowest BCUT2D eigenvalue weighted by Gasteiger charge is -2.28. The molecule has 1 aliphatic rings. The van der Waals surface area contributed by atoms with Gasteiger partial charge in [-0.15, -0.1) is 0 Å². The van der Waals surface area contributed by atoms with Crippen molar-refractivity contribution < 1.29 is 9.15 Å². The summed E-state index contributed by atoms with van der Waals surface area (Å²) >= 11 is 5.50. The zero-order chi connectivity index (χ0) is 13.9. The molecule has 3 nitrogen and oxygen atoms in total. The zero-order valence-electron chi connectivity index (χ0n) is 11.5. The highest BCUT2D eigenvalue weighted by Gasteiger charge is 2.18. The quantitative estimate of drug-likeness (QED) is 0.792. The minimum Gasteiger partial charge on any atom is -0.454 e. The minimum atomic E-state index is 0.728. The van der Waals surface area contributed by atoms with Gasteiger partial charge >= 0.3 is 0 Å². The van der Waals surface area contributed by atoms with E-state index in [4.69, 9.17) is 21.4 Å². The summed E-state index contributed by atoms with van der Waals surface area (Å²) in [5.41, 5.74) is 2.32. The number of morpholine rings is 1. The smallest absolute Gasteiger partial charge is 0.162 e. The van der Waals surface area contributed by atoms with Gasteiger partial charge < -0.3 is 14.1 Å². The van der Waals surface area contributed by atoms with Crippen LogP contribution in [0.1, 0.15) is 11.3 Å². The lowest BCUT2D eigenvalue weighted by Crippen LogP contribution is -2.40. The number of hydrogen-bond acceptors (Lipinski definition) is 3. The first-order valence-electron chi connectivity index (χ1n) is 6.78. The third kappa shape index (κ3) is 2.76. The van der Waals surface area contributed by atoms with E-state index in [2.05, 4.69) is 36.1 Å². The molecule has 0 bridgehead atoms. The monoisotopic (exact) mass is 287 g/mol. The predicted octanol–water partition coefficient (Wildman–Crippen LogP) is 3.26. The van der Waals surface area contributed by atoms with E-state index in [0.717, 1.165) is 48.4 Å². The number of benzene rings is 1. The lowest BCUT2D eigenvalue weighted by molar-refractivity contribution is 0.0688. The van der Waals surface area contributed by atoms with Crippen LogP contribution in [0.15, 0.2) is 40.8 Å². The van der Waals surface area contributed by atoms with Crippen LogP contribution >= 0.6 is 12.2 Å². The molecule has 1 aromatic carbocycles. The molecule has 1 aromatic heterocycles. The molecule has 1 aliphatic heterocycles. The van der Waals surface area contributed by atoms with Crippen LogP contribution in [0.4, 0.5) is 0 Å². The topological polar surface area (TPSA) is 25.6 Å². The van der Waals surface area contributed by atoms with Gasteiger partial charge in [0, 0.05) is 18.7 Å². The van der Waals surface area contributed by atoms with Crippen LogP contribution in [0, 0.1) is 6.92 Å². The van der Waals surface area contributed by atoms with Gasteiger partial charge in [0.1, 0.15) is 10.7 Å². The van der Waals surface area contributed by atoms with Gasteiger partial charge in [0.25, 0.3) is 0 Å². The molecular formula is C16H17NO2S. The van der Waals surface area contributed by atoms with E-state index in [1.165, 1.54) is 5.56 Å². The molecule has 0 amide bonds.